The van der Waals surface area contributed by atoms with Gasteiger partial charge in [-0.25, -0.2) is 22.8 Å². The minimum Gasteiger partial charge on any atom is -0.290 e. The van der Waals surface area contributed by atoms with E-state index < -0.39 is 27.5 Å². The molecule has 0 radical (unpaired) electrons. The molecule has 0 saturated heterocycles. The van der Waals surface area contributed by atoms with Crippen molar-refractivity contribution in [2.24, 2.45) is 0 Å². The van der Waals surface area contributed by atoms with Crippen LogP contribution in [-0.2, 0) is 16.0 Å². The van der Waals surface area contributed by atoms with Gasteiger partial charge in [0.15, 0.2) is 9.84 Å². The number of benzene rings is 1. The Labute approximate surface area is 174 Å². The first-order valence-corrected chi connectivity index (χ1v) is 10.6. The highest BCUT2D eigenvalue weighted by atomic mass is 32.2. The van der Waals surface area contributed by atoms with Crippen molar-refractivity contribution in [2.45, 2.75) is 18.0 Å². The lowest BCUT2D eigenvalue weighted by Crippen LogP contribution is -2.08. The molecule has 3 aromatic heterocycles. The summed E-state index contributed by atoms with van der Waals surface area (Å²) in [5, 5.41) is 0. The minimum atomic E-state index is -4.64. The van der Waals surface area contributed by atoms with Crippen LogP contribution in [0, 0.1) is 5.82 Å². The van der Waals surface area contributed by atoms with Crippen molar-refractivity contribution in [1.29, 1.82) is 0 Å². The van der Waals surface area contributed by atoms with Gasteiger partial charge in [-0.05, 0) is 23.8 Å². The first-order chi connectivity index (χ1) is 14.6. The molecule has 31 heavy (non-hydrogen) atoms. The summed E-state index contributed by atoms with van der Waals surface area (Å²) < 4.78 is 79.1. The summed E-state index contributed by atoms with van der Waals surface area (Å²) in [7, 11) is -3.79. The van der Waals surface area contributed by atoms with Crippen LogP contribution in [-0.4, -0.2) is 33.5 Å². The first-order valence-electron chi connectivity index (χ1n) is 8.99. The molecule has 0 spiro atoms. The Morgan fingerprint density at radius 1 is 1.06 bits per heavy atom. The van der Waals surface area contributed by atoms with Gasteiger partial charge in [-0.1, -0.05) is 19.1 Å². The number of imidazole rings is 1. The molecule has 3 heterocycles. The molecule has 4 aromatic rings. The number of sulfone groups is 1. The SMILES string of the molecule is CCS(=O)(=O)c1cc(-c2cccc(F)c2)cnc1-c1cn2cnc(C(F)(F)F)cc2n1. The van der Waals surface area contributed by atoms with Gasteiger partial charge in [0.1, 0.15) is 34.9 Å². The second kappa shape index (κ2) is 7.41. The van der Waals surface area contributed by atoms with E-state index in [0.717, 1.165) is 12.4 Å². The minimum absolute atomic E-state index is 0.0146. The van der Waals surface area contributed by atoms with Gasteiger partial charge in [-0.3, -0.25) is 9.38 Å². The van der Waals surface area contributed by atoms with Gasteiger partial charge in [-0.2, -0.15) is 13.2 Å². The summed E-state index contributed by atoms with van der Waals surface area (Å²) >= 11 is 0. The van der Waals surface area contributed by atoms with Gasteiger partial charge in [-0.15, -0.1) is 0 Å². The van der Waals surface area contributed by atoms with Crippen molar-refractivity contribution < 1.29 is 26.0 Å². The molecule has 0 fully saturated rings. The molecule has 1 aromatic carbocycles. The number of halogens is 4. The fourth-order valence-electron chi connectivity index (χ4n) is 3.02. The van der Waals surface area contributed by atoms with Crippen LogP contribution in [0.5, 0.6) is 0 Å². The summed E-state index contributed by atoms with van der Waals surface area (Å²) in [6.45, 7) is 1.46. The average Bonchev–Trinajstić information content (AvgIpc) is 3.16. The third kappa shape index (κ3) is 4.00. The zero-order chi connectivity index (χ0) is 22.4. The lowest BCUT2D eigenvalue weighted by atomic mass is 10.1. The molecule has 160 valence electrons. The highest BCUT2D eigenvalue weighted by molar-refractivity contribution is 7.91. The van der Waals surface area contributed by atoms with Crippen LogP contribution in [0.3, 0.4) is 0 Å². The fourth-order valence-corrected chi connectivity index (χ4v) is 4.09. The third-order valence-corrected chi connectivity index (χ3v) is 6.35. The Bertz CT molecular complexity index is 1400. The van der Waals surface area contributed by atoms with Crippen molar-refractivity contribution in [2.75, 3.05) is 5.75 Å². The number of fused-ring (bicyclic) bond motifs is 1. The molecular weight excluding hydrogens is 436 g/mol. The van der Waals surface area contributed by atoms with E-state index in [0.29, 0.717) is 11.1 Å². The van der Waals surface area contributed by atoms with Crippen molar-refractivity contribution in [3.8, 4) is 22.5 Å². The molecule has 0 unspecified atom stereocenters. The van der Waals surface area contributed by atoms with Crippen LogP contribution < -0.4 is 0 Å². The number of pyridine rings is 1. The molecule has 0 saturated carbocycles. The number of nitrogens with zero attached hydrogens (tertiary/aromatic N) is 4. The molecule has 0 aliphatic carbocycles. The average molecular weight is 450 g/mol. The number of alkyl halides is 3. The summed E-state index contributed by atoms with van der Waals surface area (Å²) in [6, 6.07) is 7.72. The second-order valence-corrected chi connectivity index (χ2v) is 8.89. The molecular formula is C20H14F4N4O2S. The first kappa shape index (κ1) is 20.9. The van der Waals surface area contributed by atoms with Crippen molar-refractivity contribution in [3.05, 3.63) is 66.6 Å². The van der Waals surface area contributed by atoms with E-state index in [4.69, 9.17) is 0 Å². The van der Waals surface area contributed by atoms with Crippen molar-refractivity contribution in [3.63, 3.8) is 0 Å². The van der Waals surface area contributed by atoms with E-state index in [1.54, 1.807) is 6.07 Å². The normalized spacial score (nSPS) is 12.4. The Balaban J connectivity index is 1.90. The Morgan fingerprint density at radius 3 is 2.52 bits per heavy atom. The van der Waals surface area contributed by atoms with Gasteiger partial charge in [0.05, 0.1) is 10.6 Å². The van der Waals surface area contributed by atoms with Crippen LogP contribution in [0.15, 0.2) is 60.0 Å². The Morgan fingerprint density at radius 2 is 1.84 bits per heavy atom. The molecule has 0 N–H and O–H groups in total. The number of rotatable bonds is 4. The zero-order valence-corrected chi connectivity index (χ0v) is 16.7. The molecule has 0 amide bonds. The maximum absolute atomic E-state index is 13.6. The summed E-state index contributed by atoms with van der Waals surface area (Å²) in [5.74, 6) is -0.726. The van der Waals surface area contributed by atoms with Crippen LogP contribution in [0.2, 0.25) is 0 Å². The van der Waals surface area contributed by atoms with Gasteiger partial charge in [0.25, 0.3) is 0 Å². The number of aromatic nitrogens is 4. The fraction of sp³-hybridized carbons (Fsp3) is 0.150. The van der Waals surface area contributed by atoms with Gasteiger partial charge >= 0.3 is 6.18 Å². The lowest BCUT2D eigenvalue weighted by molar-refractivity contribution is -0.141. The van der Waals surface area contributed by atoms with E-state index >= 15 is 0 Å². The van der Waals surface area contributed by atoms with Crippen LogP contribution in [0.25, 0.3) is 28.2 Å². The lowest BCUT2D eigenvalue weighted by Gasteiger charge is -2.10. The van der Waals surface area contributed by atoms with E-state index in [1.807, 2.05) is 0 Å². The zero-order valence-electron chi connectivity index (χ0n) is 15.9. The molecule has 0 atom stereocenters. The number of hydrogen-bond donors (Lipinski definition) is 0. The predicted octanol–water partition coefficient (Wildman–Crippen LogP) is 4.41. The van der Waals surface area contributed by atoms with Gasteiger partial charge < -0.3 is 0 Å². The van der Waals surface area contributed by atoms with Crippen LogP contribution in [0.1, 0.15) is 12.6 Å². The molecule has 6 nitrogen and oxygen atoms in total. The largest absolute Gasteiger partial charge is 0.433 e. The third-order valence-electron chi connectivity index (χ3n) is 4.61. The summed E-state index contributed by atoms with van der Waals surface area (Å²) in [4.78, 5) is 11.5. The van der Waals surface area contributed by atoms with E-state index in [9.17, 15) is 26.0 Å². The maximum Gasteiger partial charge on any atom is 0.433 e. The smallest absolute Gasteiger partial charge is 0.290 e. The highest BCUT2D eigenvalue weighted by Gasteiger charge is 2.33. The van der Waals surface area contributed by atoms with Gasteiger partial charge in [0.2, 0.25) is 0 Å². The summed E-state index contributed by atoms with van der Waals surface area (Å²) in [5.41, 5.74) is -0.319. The summed E-state index contributed by atoms with van der Waals surface area (Å²) in [6.07, 6.45) is -0.983. The maximum atomic E-state index is 13.6. The quantitative estimate of drug-likeness (QED) is 0.431. The Hall–Kier alpha value is -3.34. The Kier molecular flexibility index (Phi) is 5.00. The van der Waals surface area contributed by atoms with Gasteiger partial charge in [0, 0.05) is 24.0 Å². The standard InChI is InChI=1S/C20H14F4N4O2S/c1-2-31(29,30)16-7-13(12-4-3-5-14(21)6-12)9-25-19(16)15-10-28-11-26-17(20(22,23)24)8-18(28)27-15/h3-11H,2H2,1H3. The highest BCUT2D eigenvalue weighted by Crippen LogP contribution is 2.32. The van der Waals surface area contributed by atoms with E-state index in [-0.39, 0.29) is 27.7 Å². The van der Waals surface area contributed by atoms with Crippen molar-refractivity contribution >= 4 is 15.5 Å². The molecule has 11 heteroatoms. The topological polar surface area (TPSA) is 77.2 Å². The number of hydrogen-bond acceptors (Lipinski definition) is 5. The molecule has 4 rings (SSSR count). The molecule has 0 aliphatic heterocycles. The van der Waals surface area contributed by atoms with Crippen LogP contribution >= 0.6 is 0 Å². The second-order valence-electron chi connectivity index (χ2n) is 6.65. The van der Waals surface area contributed by atoms with E-state index in [2.05, 4.69) is 15.0 Å². The predicted molar refractivity (Wildman–Crippen MR) is 104 cm³/mol. The molecule has 0 aliphatic rings. The van der Waals surface area contributed by atoms with E-state index in [1.165, 1.54) is 48.0 Å². The molecule has 0 bridgehead atoms. The van der Waals surface area contributed by atoms with Crippen molar-refractivity contribution in [1.82, 2.24) is 19.4 Å². The van der Waals surface area contributed by atoms with Crippen LogP contribution in [0.4, 0.5) is 17.6 Å². The monoisotopic (exact) mass is 450 g/mol.